The summed E-state index contributed by atoms with van der Waals surface area (Å²) >= 11 is 0. The predicted octanol–water partition coefficient (Wildman–Crippen LogP) is 2.32. The van der Waals surface area contributed by atoms with Gasteiger partial charge in [0.2, 0.25) is 0 Å². The fourth-order valence-corrected chi connectivity index (χ4v) is 3.60. The SMILES string of the molecule is CCCC(CCO)CN=C(NCC)NCC(c1ccc(C)o1)N1CCOCC1. The van der Waals surface area contributed by atoms with Crippen molar-refractivity contribution in [1.29, 1.82) is 0 Å². The molecule has 2 unspecified atom stereocenters. The molecule has 1 aromatic heterocycles. The quantitative estimate of drug-likeness (QED) is 0.395. The first-order valence-electron chi connectivity index (χ1n) is 10.7. The van der Waals surface area contributed by atoms with Crippen molar-refractivity contribution in [2.24, 2.45) is 10.9 Å². The summed E-state index contributed by atoms with van der Waals surface area (Å²) in [5.41, 5.74) is 0. The van der Waals surface area contributed by atoms with Crippen molar-refractivity contribution < 1.29 is 14.3 Å². The second-order valence-corrected chi connectivity index (χ2v) is 7.38. The van der Waals surface area contributed by atoms with Crippen LogP contribution in [0.5, 0.6) is 0 Å². The third-order valence-electron chi connectivity index (χ3n) is 5.12. The maximum atomic E-state index is 9.27. The molecule has 2 atom stereocenters. The number of furan rings is 1. The first-order chi connectivity index (χ1) is 13.7. The smallest absolute Gasteiger partial charge is 0.191 e. The third-order valence-corrected chi connectivity index (χ3v) is 5.12. The van der Waals surface area contributed by atoms with Crippen LogP contribution in [0.25, 0.3) is 0 Å². The van der Waals surface area contributed by atoms with Crippen molar-refractivity contribution in [1.82, 2.24) is 15.5 Å². The number of nitrogens with one attached hydrogen (secondary N) is 2. The van der Waals surface area contributed by atoms with Crippen molar-refractivity contribution in [3.8, 4) is 0 Å². The van der Waals surface area contributed by atoms with Gasteiger partial charge < -0.3 is 24.9 Å². The van der Waals surface area contributed by atoms with Crippen LogP contribution in [0.2, 0.25) is 0 Å². The van der Waals surface area contributed by atoms with Gasteiger partial charge in [0.1, 0.15) is 11.5 Å². The van der Waals surface area contributed by atoms with Crippen LogP contribution in [-0.2, 0) is 4.74 Å². The number of ether oxygens (including phenoxy) is 1. The highest BCUT2D eigenvalue weighted by atomic mass is 16.5. The first-order valence-corrected chi connectivity index (χ1v) is 10.7. The number of guanidine groups is 1. The molecule has 1 fully saturated rings. The van der Waals surface area contributed by atoms with Gasteiger partial charge in [-0.3, -0.25) is 9.89 Å². The molecule has 0 bridgehead atoms. The van der Waals surface area contributed by atoms with Crippen molar-refractivity contribution in [2.75, 3.05) is 52.5 Å². The van der Waals surface area contributed by atoms with E-state index in [2.05, 4.69) is 35.4 Å². The van der Waals surface area contributed by atoms with Crippen molar-refractivity contribution >= 4 is 5.96 Å². The summed E-state index contributed by atoms with van der Waals surface area (Å²) in [6, 6.07) is 4.23. The molecule has 0 aromatic carbocycles. The normalized spacial score (nSPS) is 18.1. The van der Waals surface area contributed by atoms with Crippen LogP contribution in [0.1, 0.15) is 50.7 Å². The number of rotatable bonds is 11. The van der Waals surface area contributed by atoms with E-state index in [1.807, 2.05) is 13.0 Å². The number of aliphatic hydroxyl groups excluding tert-OH is 1. The van der Waals surface area contributed by atoms with E-state index in [0.717, 1.165) is 82.7 Å². The van der Waals surface area contributed by atoms with Crippen molar-refractivity contribution in [2.45, 2.75) is 46.1 Å². The summed E-state index contributed by atoms with van der Waals surface area (Å²) in [7, 11) is 0. The van der Waals surface area contributed by atoms with Crippen LogP contribution < -0.4 is 10.6 Å². The molecule has 2 heterocycles. The van der Waals surface area contributed by atoms with Crippen molar-refractivity contribution in [3.05, 3.63) is 23.7 Å². The number of aliphatic imine (C=N–C) groups is 1. The fourth-order valence-electron chi connectivity index (χ4n) is 3.60. The van der Waals surface area contributed by atoms with E-state index in [1.165, 1.54) is 0 Å². The highest BCUT2D eigenvalue weighted by molar-refractivity contribution is 5.79. The van der Waals surface area contributed by atoms with E-state index in [9.17, 15) is 5.11 Å². The Balaban J connectivity index is 2.02. The summed E-state index contributed by atoms with van der Waals surface area (Å²) in [5, 5.41) is 16.1. The van der Waals surface area contributed by atoms with Gasteiger partial charge in [-0.1, -0.05) is 13.3 Å². The molecule has 1 aromatic rings. The summed E-state index contributed by atoms with van der Waals surface area (Å²) in [4.78, 5) is 7.18. The lowest BCUT2D eigenvalue weighted by atomic mass is 10.0. The van der Waals surface area contributed by atoms with Gasteiger partial charge >= 0.3 is 0 Å². The van der Waals surface area contributed by atoms with Gasteiger partial charge in [-0.25, -0.2) is 0 Å². The van der Waals surface area contributed by atoms with Gasteiger partial charge in [0.25, 0.3) is 0 Å². The molecular weight excluding hydrogens is 356 g/mol. The zero-order valence-electron chi connectivity index (χ0n) is 17.7. The van der Waals surface area contributed by atoms with E-state index in [4.69, 9.17) is 14.1 Å². The second kappa shape index (κ2) is 12.8. The molecule has 0 radical (unpaired) electrons. The Labute approximate surface area is 169 Å². The standard InChI is InChI=1S/C21H38N4O3/c1-4-6-18(9-12-26)15-23-21(22-5-2)24-16-19(20-8-7-17(3)28-20)25-10-13-27-14-11-25/h7-8,18-19,26H,4-6,9-16H2,1-3H3,(H2,22,23,24). The number of hydrogen-bond acceptors (Lipinski definition) is 5. The fraction of sp³-hybridized carbons (Fsp3) is 0.762. The van der Waals surface area contributed by atoms with Crippen LogP contribution >= 0.6 is 0 Å². The van der Waals surface area contributed by atoms with Gasteiger partial charge in [0.05, 0.1) is 19.3 Å². The molecule has 3 N–H and O–H groups in total. The van der Waals surface area contributed by atoms with E-state index >= 15 is 0 Å². The van der Waals surface area contributed by atoms with Gasteiger partial charge in [-0.2, -0.15) is 0 Å². The summed E-state index contributed by atoms with van der Waals surface area (Å²) < 4.78 is 11.5. The number of nitrogens with zero attached hydrogens (tertiary/aromatic N) is 2. The highest BCUT2D eigenvalue weighted by Gasteiger charge is 2.25. The number of morpholine rings is 1. The number of aryl methyl sites for hydroxylation is 1. The molecule has 0 aliphatic carbocycles. The Bertz CT molecular complexity index is 564. The minimum absolute atomic E-state index is 0.144. The molecule has 1 aliphatic heterocycles. The lowest BCUT2D eigenvalue weighted by molar-refractivity contribution is 0.0124. The van der Waals surface area contributed by atoms with Crippen LogP contribution in [0, 0.1) is 12.8 Å². The van der Waals surface area contributed by atoms with Gasteiger partial charge in [-0.05, 0) is 44.7 Å². The number of aliphatic hydroxyl groups is 1. The molecule has 28 heavy (non-hydrogen) atoms. The van der Waals surface area contributed by atoms with E-state index in [1.54, 1.807) is 0 Å². The van der Waals surface area contributed by atoms with Gasteiger partial charge in [-0.15, -0.1) is 0 Å². The molecule has 1 saturated heterocycles. The van der Waals surface area contributed by atoms with Crippen molar-refractivity contribution in [3.63, 3.8) is 0 Å². The zero-order valence-corrected chi connectivity index (χ0v) is 17.7. The molecule has 7 heteroatoms. The summed E-state index contributed by atoms with van der Waals surface area (Å²) in [6.45, 7) is 12.0. The molecular formula is C21H38N4O3. The maximum absolute atomic E-state index is 9.27. The predicted molar refractivity (Wildman–Crippen MR) is 113 cm³/mol. The Morgan fingerprint density at radius 1 is 1.21 bits per heavy atom. The lowest BCUT2D eigenvalue weighted by Gasteiger charge is -2.33. The van der Waals surface area contributed by atoms with Crippen LogP contribution in [0.3, 0.4) is 0 Å². The Morgan fingerprint density at radius 2 is 2.00 bits per heavy atom. The topological polar surface area (TPSA) is 82.3 Å². The lowest BCUT2D eigenvalue weighted by Crippen LogP contribution is -2.46. The van der Waals surface area contributed by atoms with Crippen LogP contribution in [0.15, 0.2) is 21.5 Å². The second-order valence-electron chi connectivity index (χ2n) is 7.38. The van der Waals surface area contributed by atoms with Gasteiger partial charge in [0.15, 0.2) is 5.96 Å². The molecule has 0 amide bonds. The Morgan fingerprint density at radius 3 is 2.61 bits per heavy atom. The Hall–Kier alpha value is -1.57. The van der Waals surface area contributed by atoms with E-state index in [-0.39, 0.29) is 12.6 Å². The number of hydrogen-bond donors (Lipinski definition) is 3. The summed E-state index contributed by atoms with van der Waals surface area (Å²) in [5.74, 6) is 3.16. The van der Waals surface area contributed by atoms with E-state index < -0.39 is 0 Å². The minimum atomic E-state index is 0.144. The third kappa shape index (κ3) is 7.45. The molecule has 0 spiro atoms. The van der Waals surface area contributed by atoms with E-state index in [0.29, 0.717) is 5.92 Å². The molecule has 2 rings (SSSR count). The van der Waals surface area contributed by atoms with Gasteiger partial charge in [0, 0.05) is 39.3 Å². The summed E-state index contributed by atoms with van der Waals surface area (Å²) in [6.07, 6.45) is 3.01. The first kappa shape index (κ1) is 22.7. The minimum Gasteiger partial charge on any atom is -0.465 e. The molecule has 0 saturated carbocycles. The van der Waals surface area contributed by atoms with Crippen LogP contribution in [-0.4, -0.2) is 68.5 Å². The maximum Gasteiger partial charge on any atom is 0.191 e. The highest BCUT2D eigenvalue weighted by Crippen LogP contribution is 2.23. The van der Waals surface area contributed by atoms with Crippen LogP contribution in [0.4, 0.5) is 0 Å². The monoisotopic (exact) mass is 394 g/mol. The molecule has 7 nitrogen and oxygen atoms in total. The average molecular weight is 395 g/mol. The molecule has 160 valence electrons. The largest absolute Gasteiger partial charge is 0.465 e. The zero-order chi connectivity index (χ0) is 20.2. The average Bonchev–Trinajstić information content (AvgIpc) is 3.13. The Kier molecular flexibility index (Phi) is 10.4. The molecule has 1 aliphatic rings.